The number of benzene rings is 8. The number of hydrogen-bond acceptors (Lipinski definition) is 9. The van der Waals surface area contributed by atoms with Crippen molar-refractivity contribution < 1.29 is 36.5 Å². The summed E-state index contributed by atoms with van der Waals surface area (Å²) < 4.78 is 16.9. The number of ether oxygens (including phenoxy) is 2. The van der Waals surface area contributed by atoms with E-state index in [-0.39, 0.29) is 40.0 Å². The van der Waals surface area contributed by atoms with Gasteiger partial charge in [0, 0.05) is 74.3 Å². The van der Waals surface area contributed by atoms with Crippen molar-refractivity contribution in [3.05, 3.63) is 304 Å². The molecule has 0 amide bonds. The van der Waals surface area contributed by atoms with Gasteiger partial charge in [0.1, 0.15) is 16.7 Å². The summed E-state index contributed by atoms with van der Waals surface area (Å²) in [4.78, 5) is 21.7. The van der Waals surface area contributed by atoms with E-state index in [9.17, 15) is 0 Å². The smallest absolute Gasteiger partial charge is 1.00 e. The third kappa shape index (κ3) is 17.8. The molecule has 0 aliphatic carbocycles. The van der Waals surface area contributed by atoms with Gasteiger partial charge >= 0.3 is 30.2 Å². The topological polar surface area (TPSA) is 133 Å². The number of aromatic nitrogens is 7. The molecule has 0 unspecified atom stereocenters. The third-order valence-electron chi connectivity index (χ3n) is 13.7. The summed E-state index contributed by atoms with van der Waals surface area (Å²) in [7, 11) is 1.75. The minimum absolute atomic E-state index is 0. The zero-order chi connectivity index (χ0) is 59.7. The van der Waals surface area contributed by atoms with Crippen LogP contribution in [0.15, 0.2) is 253 Å². The number of rotatable bonds is 10. The average Bonchev–Trinajstić information content (AvgIpc) is 2.67. The summed E-state index contributed by atoms with van der Waals surface area (Å²) in [5.41, 5.74) is 12.1. The van der Waals surface area contributed by atoms with Crippen LogP contribution in [0.3, 0.4) is 0 Å². The SMILES string of the molecule is Brc1cccc2c(Cc3ccccc3)nccc12.COc1cc(-c2cccc3c(Cc4ccccc4)nccc23)ccc1-n1cnc(C)c1.COc1cc(B(O)O)ccc1-n1cnc(C)c1.Clc1nccc2c(Br)cccc12.[Br-].[CH2-]c1ccccc1.[Mg+2]. The molecule has 13 rings (SSSR count). The Kier molecular flexibility index (Phi) is 25.3. The van der Waals surface area contributed by atoms with Crippen molar-refractivity contribution in [3.63, 3.8) is 0 Å². The average molecular weight is 1370 g/mol. The molecule has 5 heterocycles. The van der Waals surface area contributed by atoms with Gasteiger partial charge in [-0.2, -0.15) is 24.6 Å². The van der Waals surface area contributed by atoms with Crippen LogP contribution in [0.1, 0.15) is 39.5 Å². The van der Waals surface area contributed by atoms with E-state index in [1.165, 1.54) is 45.3 Å². The summed E-state index contributed by atoms with van der Waals surface area (Å²) in [6.45, 7) is 7.60. The molecule has 0 radical (unpaired) electrons. The zero-order valence-corrected chi connectivity index (χ0v) is 55.3. The van der Waals surface area contributed by atoms with Gasteiger partial charge in [-0.3, -0.25) is 9.97 Å². The minimum atomic E-state index is -1.50. The van der Waals surface area contributed by atoms with Crippen molar-refractivity contribution in [2.45, 2.75) is 26.7 Å². The van der Waals surface area contributed by atoms with Crippen molar-refractivity contribution in [1.29, 1.82) is 0 Å². The van der Waals surface area contributed by atoms with Crippen LogP contribution < -0.4 is 31.9 Å². The molecule has 0 fully saturated rings. The van der Waals surface area contributed by atoms with E-state index in [1.807, 2.05) is 127 Å². The van der Waals surface area contributed by atoms with Crippen LogP contribution in [-0.2, 0) is 12.8 Å². The first-order valence-electron chi connectivity index (χ1n) is 27.1. The van der Waals surface area contributed by atoms with Crippen LogP contribution in [0.5, 0.6) is 11.5 Å². The fourth-order valence-corrected chi connectivity index (χ4v) is 10.7. The minimum Gasteiger partial charge on any atom is -1.00 e. The molecule has 8 aromatic carbocycles. The van der Waals surface area contributed by atoms with Crippen molar-refractivity contribution in [2.24, 2.45) is 0 Å². The number of halogens is 4. The Hall–Kier alpha value is -7.64. The van der Waals surface area contributed by atoms with Gasteiger partial charge in [0.05, 0.1) is 61.0 Å². The number of aryl methyl sites for hydroxylation is 2. The van der Waals surface area contributed by atoms with Crippen LogP contribution >= 0.6 is 43.5 Å². The van der Waals surface area contributed by atoms with E-state index in [0.29, 0.717) is 16.4 Å². The van der Waals surface area contributed by atoms with Gasteiger partial charge in [0.15, 0.2) is 0 Å². The normalized spacial score (nSPS) is 10.3. The first-order valence-corrected chi connectivity index (χ1v) is 29.1. The third-order valence-corrected chi connectivity index (χ3v) is 15.4. The van der Waals surface area contributed by atoms with Gasteiger partial charge in [-0.05, 0) is 107 Å². The molecular formula is C70H60BBr3ClMgN7O4. The second-order valence-electron chi connectivity index (χ2n) is 19.5. The van der Waals surface area contributed by atoms with E-state index in [4.69, 9.17) is 36.1 Å². The summed E-state index contributed by atoms with van der Waals surface area (Å²) in [6.07, 6.45) is 14.5. The Morgan fingerprint density at radius 2 is 0.943 bits per heavy atom. The predicted octanol–water partition coefficient (Wildman–Crippen LogP) is 12.6. The van der Waals surface area contributed by atoms with Crippen LogP contribution in [0.25, 0.3) is 54.8 Å². The standard InChI is InChI=1S/C27H23N3O.C16H12BrN.C11H13BN2O3.C9H5BrClN.C7H7.BrH.Mg/c1-19-17-30(18-29-19)26-12-11-21(16-27(26)31-2)22-9-6-10-24-23(22)13-14-28-25(24)15-20-7-4-3-5-8-20;17-15-8-4-7-14-13(15)9-10-18-16(14)11-12-5-2-1-3-6-12;1-8-6-14(7-13-8)10-4-3-9(12(15)16)5-11(10)17-2;10-8-3-1-2-7-6(8)4-5-12-9(7)11;1-7-5-3-2-4-6-7;;/h3-14,16-18H,15H2,1-2H3;1-10H,11H2;3-7,15-16H,1-2H3;1-5H;2-6H,1H2;1H;/q;;;;-1;;+2/p-1. The van der Waals surface area contributed by atoms with Crippen LogP contribution in [-0.4, -0.2) is 88.5 Å². The van der Waals surface area contributed by atoms with Crippen molar-refractivity contribution in [2.75, 3.05) is 14.2 Å². The Bertz CT molecular complexity index is 4280. The van der Waals surface area contributed by atoms with Gasteiger partial charge in [0.2, 0.25) is 0 Å². The molecule has 0 aliphatic rings. The molecule has 11 nitrogen and oxygen atoms in total. The van der Waals surface area contributed by atoms with Gasteiger partial charge in [-0.25, -0.2) is 15.0 Å². The predicted molar refractivity (Wildman–Crippen MR) is 359 cm³/mol. The first kappa shape index (κ1) is 66.9. The molecule has 0 aliphatic heterocycles. The molecule has 2 N–H and O–H groups in total. The molecule has 13 aromatic rings. The maximum Gasteiger partial charge on any atom is 2.00 e. The van der Waals surface area contributed by atoms with Crippen LogP contribution in [0, 0.1) is 20.8 Å². The van der Waals surface area contributed by atoms with E-state index < -0.39 is 7.12 Å². The molecular weight excluding hydrogens is 1310 g/mol. The molecule has 87 heavy (non-hydrogen) atoms. The largest absolute Gasteiger partial charge is 2.00 e. The quantitative estimate of drug-likeness (QED) is 0.0780. The van der Waals surface area contributed by atoms with Gasteiger partial charge < -0.3 is 45.6 Å². The molecule has 5 aromatic heterocycles. The van der Waals surface area contributed by atoms with E-state index in [1.54, 1.807) is 37.8 Å². The Labute approximate surface area is 556 Å². The number of imidazole rings is 2. The van der Waals surface area contributed by atoms with Gasteiger partial charge in [-0.1, -0.05) is 165 Å². The molecule has 0 saturated heterocycles. The first-order chi connectivity index (χ1) is 41.4. The summed E-state index contributed by atoms with van der Waals surface area (Å²) >= 11 is 12.9. The molecule has 0 bridgehead atoms. The van der Waals surface area contributed by atoms with E-state index >= 15 is 0 Å². The maximum absolute atomic E-state index is 9.09. The van der Waals surface area contributed by atoms with Gasteiger partial charge in [-0.15, -0.1) is 12.1 Å². The Morgan fingerprint density at radius 1 is 0.494 bits per heavy atom. The monoisotopic (exact) mass is 1370 g/mol. The summed E-state index contributed by atoms with van der Waals surface area (Å²) in [6, 6.07) is 66.7. The Balaban J connectivity index is 0.000000167. The second kappa shape index (κ2) is 32.9. The number of nitrogens with zero attached hydrogens (tertiary/aromatic N) is 7. The number of fused-ring (bicyclic) bond motifs is 3. The summed E-state index contributed by atoms with van der Waals surface area (Å²) in [5, 5.41) is 25.6. The van der Waals surface area contributed by atoms with Crippen molar-refractivity contribution in [3.8, 4) is 34.0 Å². The van der Waals surface area contributed by atoms with Crippen LogP contribution in [0.2, 0.25) is 5.15 Å². The molecule has 17 heteroatoms. The number of pyridine rings is 3. The molecule has 0 saturated carbocycles. The number of methoxy groups -OCH3 is 2. The second-order valence-corrected chi connectivity index (χ2v) is 21.6. The number of hydrogen-bond donors (Lipinski definition) is 2. The molecule has 432 valence electrons. The van der Waals surface area contributed by atoms with Crippen LogP contribution in [0.4, 0.5) is 0 Å². The molecule has 0 atom stereocenters. The fraction of sp³-hybridized carbons (Fsp3) is 0.0857. The van der Waals surface area contributed by atoms with Crippen molar-refractivity contribution in [1.82, 2.24) is 34.1 Å². The van der Waals surface area contributed by atoms with E-state index in [0.717, 1.165) is 83.6 Å². The fourth-order valence-electron chi connectivity index (χ4n) is 9.45. The van der Waals surface area contributed by atoms with E-state index in [2.05, 4.69) is 168 Å². The van der Waals surface area contributed by atoms with Gasteiger partial charge in [0.25, 0.3) is 0 Å². The Morgan fingerprint density at radius 3 is 1.41 bits per heavy atom. The molecule has 0 spiro atoms. The maximum atomic E-state index is 9.09. The van der Waals surface area contributed by atoms with Crippen molar-refractivity contribution >= 4 is 111 Å². The summed E-state index contributed by atoms with van der Waals surface area (Å²) in [5.74, 6) is 1.37. The zero-order valence-electron chi connectivity index (χ0n) is 48.4.